The smallest absolute Gasteiger partial charge is 0.315 e. The van der Waals surface area contributed by atoms with E-state index in [9.17, 15) is 0 Å². The Kier molecular flexibility index (Phi) is 4.86. The molecular weight excluding hydrogens is 262 g/mol. The zero-order valence-corrected chi connectivity index (χ0v) is 12.3. The van der Waals surface area contributed by atoms with Crippen molar-refractivity contribution < 1.29 is 4.42 Å². The third-order valence-electron chi connectivity index (χ3n) is 2.66. The fraction of sp³-hybridized carbons (Fsp3) is 0.583. The summed E-state index contributed by atoms with van der Waals surface area (Å²) >= 11 is 1.70. The van der Waals surface area contributed by atoms with E-state index in [0.717, 1.165) is 18.0 Å². The van der Waals surface area contributed by atoms with Gasteiger partial charge in [-0.05, 0) is 19.9 Å². The molecule has 1 unspecified atom stereocenters. The number of thiazole rings is 1. The van der Waals surface area contributed by atoms with E-state index in [4.69, 9.17) is 4.42 Å². The molecule has 7 heteroatoms. The van der Waals surface area contributed by atoms with Gasteiger partial charge < -0.3 is 15.1 Å². The molecule has 2 aromatic rings. The third-order valence-corrected chi connectivity index (χ3v) is 3.80. The Morgan fingerprint density at radius 3 is 2.89 bits per heavy atom. The van der Waals surface area contributed by atoms with Crippen molar-refractivity contribution in [3.05, 3.63) is 22.0 Å². The van der Waals surface area contributed by atoms with Crippen molar-refractivity contribution in [3.63, 3.8) is 0 Å². The van der Waals surface area contributed by atoms with Gasteiger partial charge in [-0.15, -0.1) is 16.4 Å². The lowest BCUT2D eigenvalue weighted by Crippen LogP contribution is -2.17. The monoisotopic (exact) mass is 281 g/mol. The molecule has 0 aliphatic rings. The van der Waals surface area contributed by atoms with Crippen LogP contribution in [0.5, 0.6) is 0 Å². The quantitative estimate of drug-likeness (QED) is 0.811. The van der Waals surface area contributed by atoms with Gasteiger partial charge in [0.2, 0.25) is 5.89 Å². The number of aromatic nitrogens is 3. The second-order valence-corrected chi connectivity index (χ2v) is 5.35. The highest BCUT2D eigenvalue weighted by Gasteiger charge is 2.12. The largest absolute Gasteiger partial charge is 0.406 e. The van der Waals surface area contributed by atoms with Gasteiger partial charge in [-0.3, -0.25) is 0 Å². The first-order valence-corrected chi connectivity index (χ1v) is 7.28. The van der Waals surface area contributed by atoms with Gasteiger partial charge in [0.1, 0.15) is 5.01 Å². The summed E-state index contributed by atoms with van der Waals surface area (Å²) in [6.07, 6.45) is 2.93. The van der Waals surface area contributed by atoms with Crippen molar-refractivity contribution in [2.45, 2.75) is 39.8 Å². The molecule has 0 spiro atoms. The van der Waals surface area contributed by atoms with Crippen LogP contribution in [0.1, 0.15) is 42.6 Å². The minimum absolute atomic E-state index is 0.0691. The van der Waals surface area contributed by atoms with Crippen molar-refractivity contribution in [2.75, 3.05) is 11.9 Å². The Labute approximate surface area is 116 Å². The summed E-state index contributed by atoms with van der Waals surface area (Å²) in [6.45, 7) is 7.64. The number of rotatable bonds is 7. The summed E-state index contributed by atoms with van der Waals surface area (Å²) in [5.74, 6) is 0.595. The van der Waals surface area contributed by atoms with E-state index in [0.29, 0.717) is 18.5 Å². The van der Waals surface area contributed by atoms with E-state index in [-0.39, 0.29) is 6.04 Å². The maximum absolute atomic E-state index is 5.53. The van der Waals surface area contributed by atoms with Crippen molar-refractivity contribution in [3.8, 4) is 0 Å². The highest BCUT2D eigenvalue weighted by atomic mass is 32.1. The maximum atomic E-state index is 5.53. The molecule has 1 atom stereocenters. The van der Waals surface area contributed by atoms with Crippen LogP contribution in [-0.2, 0) is 13.0 Å². The van der Waals surface area contributed by atoms with Crippen LogP contribution in [0.3, 0.4) is 0 Å². The Balaban J connectivity index is 1.89. The number of nitrogens with one attached hydrogen (secondary N) is 2. The molecule has 2 rings (SSSR count). The molecule has 0 aliphatic heterocycles. The lowest BCUT2D eigenvalue weighted by atomic mass is 10.3. The first-order valence-electron chi connectivity index (χ1n) is 6.47. The summed E-state index contributed by atoms with van der Waals surface area (Å²) in [6, 6.07) is 0.507. The zero-order valence-electron chi connectivity index (χ0n) is 11.4. The highest BCUT2D eigenvalue weighted by molar-refractivity contribution is 7.11. The average molecular weight is 281 g/mol. The van der Waals surface area contributed by atoms with E-state index in [1.807, 2.05) is 20.0 Å². The summed E-state index contributed by atoms with van der Waals surface area (Å²) in [5.41, 5.74) is 0. The molecule has 104 valence electrons. The topological polar surface area (TPSA) is 75.9 Å². The molecule has 2 N–H and O–H groups in total. The van der Waals surface area contributed by atoms with Crippen LogP contribution in [0.15, 0.2) is 10.6 Å². The molecule has 0 fully saturated rings. The molecular formula is C12H19N5OS. The van der Waals surface area contributed by atoms with Gasteiger partial charge in [0, 0.05) is 11.1 Å². The van der Waals surface area contributed by atoms with Crippen LogP contribution in [0.25, 0.3) is 0 Å². The van der Waals surface area contributed by atoms with E-state index in [2.05, 4.69) is 32.7 Å². The van der Waals surface area contributed by atoms with Crippen molar-refractivity contribution >= 4 is 17.4 Å². The molecule has 0 radical (unpaired) electrons. The Morgan fingerprint density at radius 2 is 2.21 bits per heavy atom. The Bertz CT molecular complexity index is 510. The summed E-state index contributed by atoms with van der Waals surface area (Å²) < 4.78 is 5.53. The molecule has 0 aliphatic carbocycles. The van der Waals surface area contributed by atoms with Gasteiger partial charge >= 0.3 is 6.01 Å². The van der Waals surface area contributed by atoms with Crippen LogP contribution in [0, 0.1) is 0 Å². The number of hydrogen-bond donors (Lipinski definition) is 2. The van der Waals surface area contributed by atoms with Gasteiger partial charge in [-0.2, -0.15) is 0 Å². The lowest BCUT2D eigenvalue weighted by molar-refractivity contribution is 0.428. The Hall–Kier alpha value is -1.47. The molecule has 0 aromatic carbocycles. The van der Waals surface area contributed by atoms with Crippen LogP contribution in [0.4, 0.5) is 6.01 Å². The maximum Gasteiger partial charge on any atom is 0.315 e. The second-order valence-electron chi connectivity index (χ2n) is 4.15. The average Bonchev–Trinajstić information content (AvgIpc) is 3.06. The van der Waals surface area contributed by atoms with E-state index < -0.39 is 0 Å². The molecule has 2 aromatic heterocycles. The first-order chi connectivity index (χ1) is 9.22. The van der Waals surface area contributed by atoms with Crippen LogP contribution in [0.2, 0.25) is 0 Å². The molecule has 0 saturated heterocycles. The van der Waals surface area contributed by atoms with Gasteiger partial charge in [0.25, 0.3) is 0 Å². The molecule has 19 heavy (non-hydrogen) atoms. The number of anilines is 1. The van der Waals surface area contributed by atoms with Crippen molar-refractivity contribution in [1.29, 1.82) is 0 Å². The van der Waals surface area contributed by atoms with E-state index >= 15 is 0 Å². The first kappa shape index (κ1) is 14.0. The molecule has 0 amide bonds. The van der Waals surface area contributed by atoms with Gasteiger partial charge in [0.15, 0.2) is 0 Å². The fourth-order valence-electron chi connectivity index (χ4n) is 1.62. The third kappa shape index (κ3) is 3.74. The summed E-state index contributed by atoms with van der Waals surface area (Å²) in [4.78, 5) is 5.61. The predicted octanol–water partition coefficient (Wildman–Crippen LogP) is 2.37. The molecule has 0 bridgehead atoms. The summed E-state index contributed by atoms with van der Waals surface area (Å²) in [7, 11) is 0. The SMILES string of the molecule is CCNC(C)c1nnc(NCc2ncc(CC)s2)o1. The van der Waals surface area contributed by atoms with Crippen LogP contribution >= 0.6 is 11.3 Å². The van der Waals surface area contributed by atoms with Gasteiger partial charge in [-0.1, -0.05) is 18.9 Å². The molecule has 6 nitrogen and oxygen atoms in total. The molecule has 0 saturated carbocycles. The van der Waals surface area contributed by atoms with E-state index in [1.165, 1.54) is 4.88 Å². The number of aryl methyl sites for hydroxylation is 1. The standard InChI is InChI=1S/C12H19N5OS/c1-4-9-6-14-10(19-9)7-15-12-17-16-11(18-12)8(3)13-5-2/h6,8,13H,4-5,7H2,1-3H3,(H,15,17). The normalized spacial score (nSPS) is 12.6. The molecule has 2 heterocycles. The van der Waals surface area contributed by atoms with E-state index in [1.54, 1.807) is 11.3 Å². The predicted molar refractivity (Wildman–Crippen MR) is 75.2 cm³/mol. The fourth-order valence-corrected chi connectivity index (χ4v) is 2.42. The zero-order chi connectivity index (χ0) is 13.7. The number of nitrogens with zero attached hydrogens (tertiary/aromatic N) is 3. The summed E-state index contributed by atoms with van der Waals surface area (Å²) in [5, 5.41) is 15.3. The van der Waals surface area contributed by atoms with Crippen molar-refractivity contribution in [1.82, 2.24) is 20.5 Å². The number of hydrogen-bond acceptors (Lipinski definition) is 7. The van der Waals surface area contributed by atoms with Crippen LogP contribution < -0.4 is 10.6 Å². The van der Waals surface area contributed by atoms with Crippen molar-refractivity contribution in [2.24, 2.45) is 0 Å². The highest BCUT2D eigenvalue weighted by Crippen LogP contribution is 2.17. The van der Waals surface area contributed by atoms with Crippen LogP contribution in [-0.4, -0.2) is 21.7 Å². The lowest BCUT2D eigenvalue weighted by Gasteiger charge is -2.05. The van der Waals surface area contributed by atoms with Gasteiger partial charge in [0.05, 0.1) is 12.6 Å². The van der Waals surface area contributed by atoms with Gasteiger partial charge in [-0.25, -0.2) is 4.98 Å². The second kappa shape index (κ2) is 6.63. The minimum atomic E-state index is 0.0691. The minimum Gasteiger partial charge on any atom is -0.406 e. The Morgan fingerprint density at radius 1 is 1.37 bits per heavy atom.